The maximum atomic E-state index is 10.5. The number of carbonyl (C=O) groups is 1. The van der Waals surface area contributed by atoms with E-state index in [1.54, 1.807) is 0 Å². The Hall–Kier alpha value is -0.790. The van der Waals surface area contributed by atoms with Gasteiger partial charge in [0.25, 0.3) is 0 Å². The van der Waals surface area contributed by atoms with Crippen molar-refractivity contribution in [2.75, 3.05) is 0 Å². The van der Waals surface area contributed by atoms with E-state index in [9.17, 15) is 4.79 Å². The lowest BCUT2D eigenvalue weighted by atomic mass is 9.82. The molecule has 1 aliphatic rings. The van der Waals surface area contributed by atoms with Crippen molar-refractivity contribution in [1.82, 2.24) is 0 Å². The molecule has 0 aromatic heterocycles. The largest absolute Gasteiger partial charge is 0.481 e. The van der Waals surface area contributed by atoms with Crippen molar-refractivity contribution in [2.45, 2.75) is 39.0 Å². The van der Waals surface area contributed by atoms with Crippen LogP contribution < -0.4 is 0 Å². The molecule has 0 saturated heterocycles. The van der Waals surface area contributed by atoms with Crippen LogP contribution in [-0.2, 0) is 4.79 Å². The molecule has 1 saturated carbocycles. The van der Waals surface area contributed by atoms with Gasteiger partial charge in [0, 0.05) is 0 Å². The minimum absolute atomic E-state index is 0.319. The van der Waals surface area contributed by atoms with Crippen LogP contribution in [0.1, 0.15) is 39.0 Å². The van der Waals surface area contributed by atoms with Crippen LogP contribution in [0, 0.1) is 5.92 Å². The Labute approximate surface area is 73.3 Å². The minimum Gasteiger partial charge on any atom is -0.481 e. The molecule has 2 heteroatoms. The summed E-state index contributed by atoms with van der Waals surface area (Å²) in [5.41, 5.74) is 1.35. The number of hydrogen-bond acceptors (Lipinski definition) is 1. The fraction of sp³-hybridized carbons (Fsp3) is 0.700. The predicted octanol–water partition coefficient (Wildman–Crippen LogP) is 2.60. The maximum Gasteiger partial charge on any atom is 0.303 e. The molecular formula is C10H16O2. The Morgan fingerprint density at radius 1 is 1.67 bits per heavy atom. The Kier molecular flexibility index (Phi) is 3.32. The molecule has 12 heavy (non-hydrogen) atoms. The van der Waals surface area contributed by atoms with Gasteiger partial charge in [-0.2, -0.15) is 0 Å². The first-order valence-electron chi connectivity index (χ1n) is 4.61. The van der Waals surface area contributed by atoms with Crippen LogP contribution in [0.2, 0.25) is 0 Å². The van der Waals surface area contributed by atoms with Gasteiger partial charge in [0.05, 0.1) is 6.42 Å². The van der Waals surface area contributed by atoms with Gasteiger partial charge in [-0.1, -0.05) is 18.1 Å². The van der Waals surface area contributed by atoms with Gasteiger partial charge in [-0.05, 0) is 32.1 Å². The summed E-state index contributed by atoms with van der Waals surface area (Å²) >= 11 is 0. The molecule has 1 atom stereocenters. The second kappa shape index (κ2) is 4.29. The number of carboxylic acids is 1. The van der Waals surface area contributed by atoms with Crippen LogP contribution in [-0.4, -0.2) is 11.1 Å². The van der Waals surface area contributed by atoms with E-state index in [1.807, 2.05) is 6.92 Å². The molecule has 0 amide bonds. The highest BCUT2D eigenvalue weighted by atomic mass is 16.4. The number of rotatable bonds is 2. The smallest absolute Gasteiger partial charge is 0.303 e. The SMILES string of the molecule is CC=C1CCCCC1CC(=O)O. The molecule has 0 radical (unpaired) electrons. The zero-order valence-corrected chi connectivity index (χ0v) is 7.55. The molecule has 1 fully saturated rings. The average Bonchev–Trinajstić information content (AvgIpc) is 2.04. The molecule has 68 valence electrons. The van der Waals surface area contributed by atoms with Crippen LogP contribution in [0.3, 0.4) is 0 Å². The van der Waals surface area contributed by atoms with Crippen molar-refractivity contribution < 1.29 is 9.90 Å². The quantitative estimate of drug-likeness (QED) is 0.643. The summed E-state index contributed by atoms with van der Waals surface area (Å²) in [6.45, 7) is 2.01. The zero-order chi connectivity index (χ0) is 8.97. The normalized spacial score (nSPS) is 27.4. The molecule has 1 aliphatic carbocycles. The summed E-state index contributed by atoms with van der Waals surface area (Å²) in [4.78, 5) is 10.5. The minimum atomic E-state index is -0.666. The van der Waals surface area contributed by atoms with E-state index < -0.39 is 5.97 Å². The summed E-state index contributed by atoms with van der Waals surface area (Å²) in [5, 5.41) is 8.65. The number of hydrogen-bond donors (Lipinski definition) is 1. The molecule has 1 unspecified atom stereocenters. The lowest BCUT2D eigenvalue weighted by molar-refractivity contribution is -0.137. The van der Waals surface area contributed by atoms with E-state index in [1.165, 1.54) is 18.4 Å². The van der Waals surface area contributed by atoms with Gasteiger partial charge in [0.15, 0.2) is 0 Å². The zero-order valence-electron chi connectivity index (χ0n) is 7.55. The van der Waals surface area contributed by atoms with Gasteiger partial charge < -0.3 is 5.11 Å². The molecule has 0 aromatic carbocycles. The fourth-order valence-electron chi connectivity index (χ4n) is 1.93. The first-order valence-corrected chi connectivity index (χ1v) is 4.61. The van der Waals surface area contributed by atoms with E-state index in [0.717, 1.165) is 12.8 Å². The molecule has 1 N–H and O–H groups in total. The van der Waals surface area contributed by atoms with Crippen molar-refractivity contribution in [1.29, 1.82) is 0 Å². The van der Waals surface area contributed by atoms with E-state index in [0.29, 0.717) is 12.3 Å². The topological polar surface area (TPSA) is 37.3 Å². The lowest BCUT2D eigenvalue weighted by Crippen LogP contribution is -2.14. The molecule has 0 spiro atoms. The summed E-state index contributed by atoms with van der Waals surface area (Å²) in [6.07, 6.45) is 7.00. The molecule has 0 aromatic rings. The second-order valence-electron chi connectivity index (χ2n) is 3.40. The Morgan fingerprint density at radius 3 is 3.00 bits per heavy atom. The van der Waals surface area contributed by atoms with Crippen LogP contribution in [0.4, 0.5) is 0 Å². The van der Waals surface area contributed by atoms with Gasteiger partial charge in [-0.25, -0.2) is 0 Å². The maximum absolute atomic E-state index is 10.5. The first-order chi connectivity index (χ1) is 5.74. The second-order valence-corrected chi connectivity index (χ2v) is 3.40. The van der Waals surface area contributed by atoms with E-state index in [4.69, 9.17) is 5.11 Å². The summed E-state index contributed by atoms with van der Waals surface area (Å²) in [5.74, 6) is -0.345. The highest BCUT2D eigenvalue weighted by molar-refractivity contribution is 5.67. The lowest BCUT2D eigenvalue weighted by Gasteiger charge is -2.23. The molecule has 1 rings (SSSR count). The number of aliphatic carboxylic acids is 1. The number of allylic oxidation sites excluding steroid dienone is 2. The number of carboxylic acid groups (broad SMARTS) is 1. The van der Waals surface area contributed by atoms with E-state index >= 15 is 0 Å². The van der Waals surface area contributed by atoms with Crippen molar-refractivity contribution >= 4 is 5.97 Å². The third-order valence-corrected chi connectivity index (χ3v) is 2.58. The standard InChI is InChI=1S/C10H16O2/c1-2-8-5-3-4-6-9(8)7-10(11)12/h2,9H,3-7H2,1H3,(H,11,12). The van der Waals surface area contributed by atoms with E-state index in [-0.39, 0.29) is 0 Å². The van der Waals surface area contributed by atoms with Crippen LogP contribution in [0.25, 0.3) is 0 Å². The highest BCUT2D eigenvalue weighted by Gasteiger charge is 2.20. The van der Waals surface area contributed by atoms with Crippen LogP contribution >= 0.6 is 0 Å². The van der Waals surface area contributed by atoms with Crippen molar-refractivity contribution in [2.24, 2.45) is 5.92 Å². The van der Waals surface area contributed by atoms with Crippen LogP contribution in [0.5, 0.6) is 0 Å². The summed E-state index contributed by atoms with van der Waals surface area (Å²) in [7, 11) is 0. The molecule has 0 heterocycles. The van der Waals surface area contributed by atoms with Gasteiger partial charge in [-0.3, -0.25) is 4.79 Å². The van der Waals surface area contributed by atoms with Crippen LogP contribution in [0.15, 0.2) is 11.6 Å². The van der Waals surface area contributed by atoms with Gasteiger partial charge in [-0.15, -0.1) is 0 Å². The third kappa shape index (κ3) is 2.36. The Balaban J connectivity index is 2.53. The molecule has 0 bridgehead atoms. The fourth-order valence-corrected chi connectivity index (χ4v) is 1.93. The first kappa shape index (κ1) is 9.30. The summed E-state index contributed by atoms with van der Waals surface area (Å²) in [6, 6.07) is 0. The Bertz CT molecular complexity index is 194. The van der Waals surface area contributed by atoms with Crippen molar-refractivity contribution in [3.05, 3.63) is 11.6 Å². The van der Waals surface area contributed by atoms with Gasteiger partial charge in [0.2, 0.25) is 0 Å². The summed E-state index contributed by atoms with van der Waals surface area (Å²) < 4.78 is 0. The van der Waals surface area contributed by atoms with Gasteiger partial charge in [0.1, 0.15) is 0 Å². The third-order valence-electron chi connectivity index (χ3n) is 2.58. The van der Waals surface area contributed by atoms with Gasteiger partial charge >= 0.3 is 5.97 Å². The average molecular weight is 168 g/mol. The highest BCUT2D eigenvalue weighted by Crippen LogP contribution is 2.31. The molecular weight excluding hydrogens is 152 g/mol. The molecule has 0 aliphatic heterocycles. The van der Waals surface area contributed by atoms with Crippen molar-refractivity contribution in [3.63, 3.8) is 0 Å². The molecule has 2 nitrogen and oxygen atoms in total. The van der Waals surface area contributed by atoms with Crippen molar-refractivity contribution in [3.8, 4) is 0 Å². The Morgan fingerprint density at radius 2 is 2.42 bits per heavy atom. The van der Waals surface area contributed by atoms with E-state index in [2.05, 4.69) is 6.08 Å². The predicted molar refractivity (Wildman–Crippen MR) is 48.0 cm³/mol. The monoisotopic (exact) mass is 168 g/mol.